The Kier molecular flexibility index (Phi) is 1.42. The first-order valence-corrected chi connectivity index (χ1v) is 4.51. The molecule has 1 aliphatic rings. The van der Waals surface area contributed by atoms with Gasteiger partial charge in [-0.15, -0.1) is 0 Å². The second-order valence-corrected chi connectivity index (χ2v) is 3.34. The SMILES string of the molecule is O=C1C=CC(=O)c2c1[nH]c1ncccc21. The van der Waals surface area contributed by atoms with Gasteiger partial charge in [-0.2, -0.15) is 0 Å². The number of rotatable bonds is 0. The molecular formula is C11H6N2O2. The number of pyridine rings is 1. The largest absolute Gasteiger partial charge is 0.336 e. The minimum absolute atomic E-state index is 0.149. The molecule has 4 heteroatoms. The molecular weight excluding hydrogens is 192 g/mol. The summed E-state index contributed by atoms with van der Waals surface area (Å²) in [6.45, 7) is 0. The molecule has 3 rings (SSSR count). The highest BCUT2D eigenvalue weighted by Gasteiger charge is 2.24. The number of allylic oxidation sites excluding steroid dienone is 2. The molecule has 0 unspecified atom stereocenters. The van der Waals surface area contributed by atoms with E-state index in [1.54, 1.807) is 18.3 Å². The van der Waals surface area contributed by atoms with Crippen molar-refractivity contribution in [1.29, 1.82) is 0 Å². The van der Waals surface area contributed by atoms with E-state index < -0.39 is 0 Å². The van der Waals surface area contributed by atoms with Crippen LogP contribution in [-0.4, -0.2) is 21.5 Å². The molecule has 0 saturated heterocycles. The van der Waals surface area contributed by atoms with Gasteiger partial charge in [0.05, 0.1) is 11.3 Å². The average Bonchev–Trinajstić information content (AvgIpc) is 2.64. The summed E-state index contributed by atoms with van der Waals surface area (Å²) in [5, 5.41) is 0.704. The number of aromatic amines is 1. The highest BCUT2D eigenvalue weighted by molar-refractivity contribution is 6.26. The van der Waals surface area contributed by atoms with Crippen LogP contribution in [0.2, 0.25) is 0 Å². The number of nitrogens with one attached hydrogen (secondary N) is 1. The van der Waals surface area contributed by atoms with Crippen LogP contribution < -0.4 is 0 Å². The van der Waals surface area contributed by atoms with Crippen molar-refractivity contribution in [3.05, 3.63) is 41.7 Å². The molecule has 2 aromatic rings. The number of H-pyrrole nitrogens is 1. The van der Waals surface area contributed by atoms with Gasteiger partial charge in [0.15, 0.2) is 5.78 Å². The summed E-state index contributed by atoms with van der Waals surface area (Å²) in [6, 6.07) is 3.52. The van der Waals surface area contributed by atoms with Crippen LogP contribution in [0.3, 0.4) is 0 Å². The second-order valence-electron chi connectivity index (χ2n) is 3.34. The molecule has 0 aliphatic heterocycles. The number of carbonyl (C=O) groups excluding carboxylic acids is 2. The van der Waals surface area contributed by atoms with Crippen LogP contribution in [0.4, 0.5) is 0 Å². The van der Waals surface area contributed by atoms with Gasteiger partial charge in [-0.05, 0) is 24.3 Å². The van der Waals surface area contributed by atoms with Crippen LogP contribution in [0, 0.1) is 0 Å². The number of aromatic nitrogens is 2. The molecule has 0 fully saturated rings. The van der Waals surface area contributed by atoms with Gasteiger partial charge in [-0.3, -0.25) is 9.59 Å². The zero-order valence-electron chi connectivity index (χ0n) is 7.65. The van der Waals surface area contributed by atoms with Gasteiger partial charge >= 0.3 is 0 Å². The van der Waals surface area contributed by atoms with E-state index in [9.17, 15) is 9.59 Å². The van der Waals surface area contributed by atoms with Gasteiger partial charge in [-0.1, -0.05) is 0 Å². The maximum Gasteiger partial charge on any atom is 0.202 e. The lowest BCUT2D eigenvalue weighted by molar-refractivity contribution is 0.0993. The Morgan fingerprint density at radius 1 is 1.13 bits per heavy atom. The minimum atomic E-state index is -0.178. The molecule has 72 valence electrons. The Bertz CT molecular complexity index is 623. The topological polar surface area (TPSA) is 62.8 Å². The Morgan fingerprint density at radius 3 is 2.80 bits per heavy atom. The first-order chi connectivity index (χ1) is 7.27. The van der Waals surface area contributed by atoms with Crippen LogP contribution >= 0.6 is 0 Å². The molecule has 0 saturated carbocycles. The number of ketones is 2. The lowest BCUT2D eigenvalue weighted by atomic mass is 10.00. The first-order valence-electron chi connectivity index (χ1n) is 4.51. The predicted molar refractivity (Wildman–Crippen MR) is 53.9 cm³/mol. The quantitative estimate of drug-likeness (QED) is 0.697. The molecule has 2 heterocycles. The predicted octanol–water partition coefficient (Wildman–Crippen LogP) is 1.50. The lowest BCUT2D eigenvalue weighted by Crippen LogP contribution is -2.09. The third-order valence-corrected chi connectivity index (χ3v) is 2.45. The van der Waals surface area contributed by atoms with E-state index in [0.717, 1.165) is 0 Å². The van der Waals surface area contributed by atoms with Crippen molar-refractivity contribution >= 4 is 22.6 Å². The van der Waals surface area contributed by atoms with E-state index >= 15 is 0 Å². The van der Waals surface area contributed by atoms with Crippen molar-refractivity contribution in [2.24, 2.45) is 0 Å². The first kappa shape index (κ1) is 8.11. The maximum atomic E-state index is 11.6. The Balaban J connectivity index is 2.47. The average molecular weight is 198 g/mol. The van der Waals surface area contributed by atoms with Gasteiger partial charge in [0.1, 0.15) is 5.65 Å². The number of carbonyl (C=O) groups is 2. The number of fused-ring (bicyclic) bond motifs is 3. The van der Waals surface area contributed by atoms with Gasteiger partial charge < -0.3 is 4.98 Å². The number of hydrogen-bond acceptors (Lipinski definition) is 3. The summed E-state index contributed by atoms with van der Waals surface area (Å²) in [6.07, 6.45) is 4.19. The molecule has 0 atom stereocenters. The molecule has 2 aromatic heterocycles. The van der Waals surface area contributed by atoms with E-state index in [4.69, 9.17) is 0 Å². The van der Waals surface area contributed by atoms with Crippen LogP contribution in [-0.2, 0) is 0 Å². The molecule has 0 aromatic carbocycles. The third kappa shape index (κ3) is 0.985. The molecule has 4 nitrogen and oxygen atoms in total. The Morgan fingerprint density at radius 2 is 1.93 bits per heavy atom. The summed E-state index contributed by atoms with van der Waals surface area (Å²) < 4.78 is 0. The van der Waals surface area contributed by atoms with E-state index in [-0.39, 0.29) is 11.6 Å². The van der Waals surface area contributed by atoms with Gasteiger partial charge in [0.2, 0.25) is 5.78 Å². The fourth-order valence-electron chi connectivity index (χ4n) is 1.78. The lowest BCUT2D eigenvalue weighted by Gasteiger charge is -2.01. The molecule has 1 aliphatic carbocycles. The van der Waals surface area contributed by atoms with Crippen LogP contribution in [0.25, 0.3) is 11.0 Å². The molecule has 15 heavy (non-hydrogen) atoms. The minimum Gasteiger partial charge on any atom is -0.336 e. The highest BCUT2D eigenvalue weighted by Crippen LogP contribution is 2.24. The number of hydrogen-bond donors (Lipinski definition) is 1. The number of nitrogens with zero attached hydrogens (tertiary/aromatic N) is 1. The molecule has 1 N–H and O–H groups in total. The van der Waals surface area contributed by atoms with Crippen molar-refractivity contribution in [2.45, 2.75) is 0 Å². The second kappa shape index (κ2) is 2.63. The standard InChI is InChI=1S/C11H6N2O2/c14-7-3-4-8(15)10-9(7)6-2-1-5-12-11(6)13-10/h1-5H,(H,12,13). The fourth-order valence-corrected chi connectivity index (χ4v) is 1.78. The van der Waals surface area contributed by atoms with E-state index in [0.29, 0.717) is 22.3 Å². The van der Waals surface area contributed by atoms with Gasteiger partial charge in [0.25, 0.3) is 0 Å². The summed E-state index contributed by atoms with van der Waals surface area (Å²) in [5.74, 6) is -0.327. The molecule has 0 spiro atoms. The van der Waals surface area contributed by atoms with E-state index in [1.807, 2.05) is 0 Å². The highest BCUT2D eigenvalue weighted by atomic mass is 16.1. The fraction of sp³-hybridized carbons (Fsp3) is 0. The Labute approximate surface area is 84.6 Å². The van der Waals surface area contributed by atoms with Crippen LogP contribution in [0.1, 0.15) is 20.8 Å². The summed E-state index contributed by atoms with van der Waals surface area (Å²) >= 11 is 0. The van der Waals surface area contributed by atoms with Crippen LogP contribution in [0.15, 0.2) is 30.5 Å². The Hall–Kier alpha value is -2.23. The van der Waals surface area contributed by atoms with Crippen LogP contribution in [0.5, 0.6) is 0 Å². The zero-order valence-corrected chi connectivity index (χ0v) is 7.65. The van der Waals surface area contributed by atoms with Crippen molar-refractivity contribution in [2.75, 3.05) is 0 Å². The van der Waals surface area contributed by atoms with Gasteiger partial charge in [0, 0.05) is 11.6 Å². The van der Waals surface area contributed by atoms with E-state index in [1.165, 1.54) is 12.2 Å². The summed E-state index contributed by atoms with van der Waals surface area (Å²) in [7, 11) is 0. The maximum absolute atomic E-state index is 11.6. The third-order valence-electron chi connectivity index (χ3n) is 2.45. The van der Waals surface area contributed by atoms with Gasteiger partial charge in [-0.25, -0.2) is 4.98 Å². The molecule has 0 amide bonds. The van der Waals surface area contributed by atoms with Crippen molar-refractivity contribution in [3.8, 4) is 0 Å². The monoisotopic (exact) mass is 198 g/mol. The van der Waals surface area contributed by atoms with Crippen molar-refractivity contribution in [3.63, 3.8) is 0 Å². The van der Waals surface area contributed by atoms with E-state index in [2.05, 4.69) is 9.97 Å². The van der Waals surface area contributed by atoms with Crippen molar-refractivity contribution < 1.29 is 9.59 Å². The van der Waals surface area contributed by atoms with Crippen molar-refractivity contribution in [1.82, 2.24) is 9.97 Å². The zero-order chi connectivity index (χ0) is 10.4. The molecule has 0 radical (unpaired) electrons. The summed E-state index contributed by atoms with van der Waals surface area (Å²) in [5.41, 5.74) is 1.36. The smallest absolute Gasteiger partial charge is 0.202 e. The summed E-state index contributed by atoms with van der Waals surface area (Å²) in [4.78, 5) is 30.1. The normalized spacial score (nSPS) is 14.7. The molecule has 0 bridgehead atoms.